The third-order valence-corrected chi connectivity index (χ3v) is 6.23. The van der Waals surface area contributed by atoms with Crippen LogP contribution in [0.3, 0.4) is 0 Å². The summed E-state index contributed by atoms with van der Waals surface area (Å²) in [5, 5.41) is 0. The fourth-order valence-corrected chi connectivity index (χ4v) is 4.68. The number of thiocarbonyl (C=S) groups is 1. The van der Waals surface area contributed by atoms with Gasteiger partial charge >= 0.3 is 0 Å². The van der Waals surface area contributed by atoms with Crippen LogP contribution >= 0.6 is 24.0 Å². The third-order valence-electron chi connectivity index (χ3n) is 4.85. The summed E-state index contributed by atoms with van der Waals surface area (Å²) in [5.74, 6) is -0.00671. The zero-order chi connectivity index (χ0) is 17.9. The lowest BCUT2D eigenvalue weighted by Crippen LogP contribution is -2.36. The van der Waals surface area contributed by atoms with Gasteiger partial charge in [-0.2, -0.15) is 0 Å². The van der Waals surface area contributed by atoms with Crippen LogP contribution in [0.25, 0.3) is 6.08 Å². The zero-order valence-corrected chi connectivity index (χ0v) is 16.2. The SMILES string of the molecule is O=C1/C(=C/c2ccc(N3CCOCC3)cc2)SC(=S)N1C[C@@H]1CCCO1. The van der Waals surface area contributed by atoms with E-state index in [2.05, 4.69) is 29.2 Å². The van der Waals surface area contributed by atoms with Crippen LogP contribution < -0.4 is 4.90 Å². The minimum Gasteiger partial charge on any atom is -0.378 e. The molecule has 3 fully saturated rings. The minimum absolute atomic E-state index is 0.00671. The minimum atomic E-state index is -0.00671. The summed E-state index contributed by atoms with van der Waals surface area (Å²) < 4.78 is 11.7. The number of ether oxygens (including phenoxy) is 2. The fourth-order valence-electron chi connectivity index (χ4n) is 3.40. The maximum absolute atomic E-state index is 12.7. The molecule has 0 N–H and O–H groups in total. The molecule has 1 amide bonds. The molecule has 0 spiro atoms. The van der Waals surface area contributed by atoms with Crippen molar-refractivity contribution < 1.29 is 14.3 Å². The number of rotatable bonds is 4. The molecule has 0 unspecified atom stereocenters. The van der Waals surface area contributed by atoms with Gasteiger partial charge in [-0.05, 0) is 36.6 Å². The van der Waals surface area contributed by atoms with Crippen LogP contribution in [0.5, 0.6) is 0 Å². The Morgan fingerprint density at radius 2 is 1.96 bits per heavy atom. The van der Waals surface area contributed by atoms with Gasteiger partial charge < -0.3 is 14.4 Å². The molecule has 3 aliphatic heterocycles. The van der Waals surface area contributed by atoms with Crippen LogP contribution in [0, 0.1) is 0 Å². The molecule has 0 aliphatic carbocycles. The summed E-state index contributed by atoms with van der Waals surface area (Å²) in [6, 6.07) is 8.31. The number of thioether (sulfide) groups is 1. The number of amides is 1. The lowest BCUT2D eigenvalue weighted by Gasteiger charge is -2.28. The van der Waals surface area contributed by atoms with E-state index >= 15 is 0 Å². The summed E-state index contributed by atoms with van der Waals surface area (Å²) in [7, 11) is 0. The smallest absolute Gasteiger partial charge is 0.266 e. The van der Waals surface area contributed by atoms with Crippen LogP contribution in [0.15, 0.2) is 29.2 Å². The van der Waals surface area contributed by atoms with Crippen molar-refractivity contribution >= 4 is 46.0 Å². The second-order valence-electron chi connectivity index (χ2n) is 6.62. The van der Waals surface area contributed by atoms with Crippen molar-refractivity contribution in [2.75, 3.05) is 44.4 Å². The van der Waals surface area contributed by atoms with E-state index in [0.717, 1.165) is 51.3 Å². The van der Waals surface area contributed by atoms with Crippen molar-refractivity contribution in [2.24, 2.45) is 0 Å². The van der Waals surface area contributed by atoms with E-state index in [4.69, 9.17) is 21.7 Å². The second-order valence-corrected chi connectivity index (χ2v) is 8.29. The van der Waals surface area contributed by atoms with Gasteiger partial charge in [0.05, 0.1) is 30.8 Å². The normalized spacial score (nSPS) is 25.5. The maximum atomic E-state index is 12.7. The molecule has 3 aliphatic rings. The van der Waals surface area contributed by atoms with E-state index in [1.807, 2.05) is 6.08 Å². The lowest BCUT2D eigenvalue weighted by atomic mass is 10.1. The molecule has 7 heteroatoms. The Balaban J connectivity index is 1.44. The molecule has 1 aromatic rings. The monoisotopic (exact) mass is 390 g/mol. The lowest BCUT2D eigenvalue weighted by molar-refractivity contribution is -0.123. The number of nitrogens with zero attached hydrogens (tertiary/aromatic N) is 2. The summed E-state index contributed by atoms with van der Waals surface area (Å²) in [6.07, 6.45) is 4.10. The van der Waals surface area contributed by atoms with Crippen LogP contribution in [-0.4, -0.2) is 60.7 Å². The van der Waals surface area contributed by atoms with E-state index in [9.17, 15) is 4.79 Å². The van der Waals surface area contributed by atoms with Gasteiger partial charge in [-0.25, -0.2) is 0 Å². The number of hydrogen-bond donors (Lipinski definition) is 0. The first-order valence-corrected chi connectivity index (χ1v) is 10.2. The molecule has 0 radical (unpaired) electrons. The van der Waals surface area contributed by atoms with Crippen molar-refractivity contribution in [3.05, 3.63) is 34.7 Å². The molecule has 0 bridgehead atoms. The van der Waals surface area contributed by atoms with Gasteiger partial charge in [-0.15, -0.1) is 0 Å². The topological polar surface area (TPSA) is 42.0 Å². The van der Waals surface area contributed by atoms with Crippen molar-refractivity contribution in [3.8, 4) is 0 Å². The standard InChI is InChI=1S/C19H22N2O3S2/c22-18-17(26-19(25)21(18)13-16-2-1-9-24-16)12-14-3-5-15(6-4-14)20-7-10-23-11-8-20/h3-6,12,16H,1-2,7-11,13H2/b17-12-/t16-/m0/s1. The van der Waals surface area contributed by atoms with E-state index in [-0.39, 0.29) is 12.0 Å². The van der Waals surface area contributed by atoms with Crippen LogP contribution in [0.2, 0.25) is 0 Å². The molecule has 1 atom stereocenters. The van der Waals surface area contributed by atoms with Crippen molar-refractivity contribution in [1.82, 2.24) is 4.90 Å². The Morgan fingerprint density at radius 3 is 2.65 bits per heavy atom. The zero-order valence-electron chi connectivity index (χ0n) is 14.6. The van der Waals surface area contributed by atoms with Crippen LogP contribution in [0.4, 0.5) is 5.69 Å². The predicted molar refractivity (Wildman–Crippen MR) is 108 cm³/mol. The van der Waals surface area contributed by atoms with Crippen LogP contribution in [-0.2, 0) is 14.3 Å². The van der Waals surface area contributed by atoms with Crippen LogP contribution in [0.1, 0.15) is 18.4 Å². The summed E-state index contributed by atoms with van der Waals surface area (Å²) in [6.45, 7) is 4.73. The summed E-state index contributed by atoms with van der Waals surface area (Å²) in [5.41, 5.74) is 2.20. The molecule has 5 nitrogen and oxygen atoms in total. The highest BCUT2D eigenvalue weighted by Gasteiger charge is 2.34. The van der Waals surface area contributed by atoms with Gasteiger partial charge in [0.25, 0.3) is 5.91 Å². The Bertz CT molecular complexity index is 708. The number of carbonyl (C=O) groups is 1. The quantitative estimate of drug-likeness (QED) is 0.582. The molecule has 0 aromatic heterocycles. The summed E-state index contributed by atoms with van der Waals surface area (Å²) in [4.78, 5) is 17.4. The van der Waals surface area contributed by atoms with Gasteiger partial charge in [-0.3, -0.25) is 9.69 Å². The number of benzene rings is 1. The van der Waals surface area contributed by atoms with E-state index in [1.165, 1.54) is 17.4 Å². The van der Waals surface area contributed by atoms with Gasteiger partial charge in [0.2, 0.25) is 0 Å². The van der Waals surface area contributed by atoms with Crippen molar-refractivity contribution in [1.29, 1.82) is 0 Å². The molecule has 0 saturated carbocycles. The largest absolute Gasteiger partial charge is 0.378 e. The number of morpholine rings is 1. The average molecular weight is 391 g/mol. The predicted octanol–water partition coefficient (Wildman–Crippen LogP) is 2.90. The Morgan fingerprint density at radius 1 is 1.19 bits per heavy atom. The molecule has 3 heterocycles. The highest BCUT2D eigenvalue weighted by atomic mass is 32.2. The van der Waals surface area contributed by atoms with Gasteiger partial charge in [0.1, 0.15) is 4.32 Å². The molecule has 138 valence electrons. The first-order valence-electron chi connectivity index (χ1n) is 9.00. The molecular formula is C19H22N2O3S2. The van der Waals surface area contributed by atoms with Crippen molar-refractivity contribution in [2.45, 2.75) is 18.9 Å². The number of hydrogen-bond acceptors (Lipinski definition) is 6. The molecule has 3 saturated heterocycles. The molecular weight excluding hydrogens is 368 g/mol. The van der Waals surface area contributed by atoms with Gasteiger partial charge in [0, 0.05) is 25.4 Å². The highest BCUT2D eigenvalue weighted by Crippen LogP contribution is 2.33. The second kappa shape index (κ2) is 8.08. The average Bonchev–Trinajstić information content (AvgIpc) is 3.27. The van der Waals surface area contributed by atoms with E-state index < -0.39 is 0 Å². The Labute approximate surface area is 163 Å². The van der Waals surface area contributed by atoms with E-state index in [1.54, 1.807) is 4.90 Å². The highest BCUT2D eigenvalue weighted by molar-refractivity contribution is 8.26. The van der Waals surface area contributed by atoms with Gasteiger partial charge in [-0.1, -0.05) is 36.1 Å². The third kappa shape index (κ3) is 3.96. The number of carbonyl (C=O) groups excluding carboxylic acids is 1. The van der Waals surface area contributed by atoms with E-state index in [0.29, 0.717) is 15.8 Å². The van der Waals surface area contributed by atoms with Crippen molar-refractivity contribution in [3.63, 3.8) is 0 Å². The Hall–Kier alpha value is -1.41. The molecule has 1 aromatic carbocycles. The summed E-state index contributed by atoms with van der Waals surface area (Å²) >= 11 is 6.78. The molecule has 4 rings (SSSR count). The maximum Gasteiger partial charge on any atom is 0.266 e. The first-order chi connectivity index (χ1) is 12.7. The molecule has 26 heavy (non-hydrogen) atoms. The first kappa shape index (κ1) is 18.0. The fraction of sp³-hybridized carbons (Fsp3) is 0.474. The number of anilines is 1. The van der Waals surface area contributed by atoms with Gasteiger partial charge in [0.15, 0.2) is 0 Å². The Kier molecular flexibility index (Phi) is 5.59.